The first-order valence-electron chi connectivity index (χ1n) is 6.18. The monoisotopic (exact) mass is 255 g/mol. The van der Waals surface area contributed by atoms with E-state index < -0.39 is 0 Å². The number of nitrogens with zero attached hydrogens (tertiary/aromatic N) is 2. The van der Waals surface area contributed by atoms with Crippen molar-refractivity contribution in [2.24, 2.45) is 5.73 Å². The van der Waals surface area contributed by atoms with Gasteiger partial charge in [0.25, 0.3) is 0 Å². The zero-order valence-corrected chi connectivity index (χ0v) is 11.6. The van der Waals surface area contributed by atoms with Crippen molar-refractivity contribution in [2.75, 3.05) is 31.2 Å². The number of hydrogen-bond acceptors (Lipinski definition) is 5. The summed E-state index contributed by atoms with van der Waals surface area (Å²) in [5, 5.41) is 1.10. The molecule has 2 rings (SSSR count). The van der Waals surface area contributed by atoms with Gasteiger partial charge in [-0.25, -0.2) is 4.98 Å². The molecule has 2 heterocycles. The average molecular weight is 255 g/mol. The molecule has 0 bridgehead atoms. The van der Waals surface area contributed by atoms with Crippen LogP contribution in [0.4, 0.5) is 5.13 Å². The number of anilines is 1. The largest absolute Gasteiger partial charge is 0.378 e. The van der Waals surface area contributed by atoms with Crippen LogP contribution in [-0.2, 0) is 4.74 Å². The van der Waals surface area contributed by atoms with Crippen LogP contribution in [0, 0.1) is 0 Å². The molecule has 1 fully saturated rings. The van der Waals surface area contributed by atoms with Gasteiger partial charge in [-0.2, -0.15) is 0 Å². The van der Waals surface area contributed by atoms with Crippen LogP contribution in [-0.4, -0.2) is 31.3 Å². The van der Waals surface area contributed by atoms with Crippen LogP contribution in [0.1, 0.15) is 43.3 Å². The minimum absolute atomic E-state index is 0.0692. The van der Waals surface area contributed by atoms with E-state index in [2.05, 4.69) is 18.7 Å². The molecule has 1 atom stereocenters. The molecule has 1 aromatic heterocycles. The highest BCUT2D eigenvalue weighted by Crippen LogP contribution is 2.34. The third kappa shape index (κ3) is 2.78. The van der Waals surface area contributed by atoms with E-state index in [-0.39, 0.29) is 6.04 Å². The summed E-state index contributed by atoms with van der Waals surface area (Å²) in [6.07, 6.45) is 0. The highest BCUT2D eigenvalue weighted by molar-refractivity contribution is 7.15. The zero-order chi connectivity index (χ0) is 12.4. The summed E-state index contributed by atoms with van der Waals surface area (Å²) < 4.78 is 5.36. The third-order valence-corrected chi connectivity index (χ3v) is 4.24. The molecule has 2 N–H and O–H groups in total. The summed E-state index contributed by atoms with van der Waals surface area (Å²) in [4.78, 5) is 8.28. The Bertz CT molecular complexity index is 344. The van der Waals surface area contributed by atoms with Gasteiger partial charge in [-0.15, -0.1) is 0 Å². The Morgan fingerprint density at radius 1 is 1.29 bits per heavy atom. The molecule has 1 saturated heterocycles. The molecule has 17 heavy (non-hydrogen) atoms. The molecule has 0 spiro atoms. The Morgan fingerprint density at radius 3 is 2.41 bits per heavy atom. The second-order valence-corrected chi connectivity index (χ2v) is 5.80. The lowest BCUT2D eigenvalue weighted by Gasteiger charge is -2.26. The first-order valence-corrected chi connectivity index (χ1v) is 7.00. The maximum atomic E-state index is 6.02. The van der Waals surface area contributed by atoms with Gasteiger partial charge in [0.1, 0.15) is 0 Å². The lowest BCUT2D eigenvalue weighted by atomic mass is 10.1. The number of hydrogen-bond donors (Lipinski definition) is 1. The fourth-order valence-corrected chi connectivity index (χ4v) is 3.19. The van der Waals surface area contributed by atoms with E-state index in [1.54, 1.807) is 11.3 Å². The van der Waals surface area contributed by atoms with Crippen molar-refractivity contribution in [3.63, 3.8) is 0 Å². The Hall–Kier alpha value is -0.650. The first-order chi connectivity index (χ1) is 8.09. The van der Waals surface area contributed by atoms with Crippen molar-refractivity contribution in [1.82, 2.24) is 4.98 Å². The second-order valence-electron chi connectivity index (χ2n) is 4.79. The molecule has 1 aliphatic heterocycles. The molecule has 1 aromatic rings. The van der Waals surface area contributed by atoms with Gasteiger partial charge in [0.05, 0.1) is 18.9 Å². The highest BCUT2D eigenvalue weighted by Gasteiger charge is 2.21. The van der Waals surface area contributed by atoms with E-state index in [1.807, 2.05) is 6.92 Å². The molecule has 0 saturated carbocycles. The van der Waals surface area contributed by atoms with E-state index in [4.69, 9.17) is 15.5 Å². The van der Waals surface area contributed by atoms with Gasteiger partial charge in [-0.05, 0) is 12.8 Å². The Labute approximate surface area is 107 Å². The van der Waals surface area contributed by atoms with Crippen molar-refractivity contribution >= 4 is 16.5 Å². The molecular formula is C12H21N3OS. The number of nitrogens with two attached hydrogens (primary N) is 1. The van der Waals surface area contributed by atoms with Gasteiger partial charge in [-0.1, -0.05) is 25.2 Å². The summed E-state index contributed by atoms with van der Waals surface area (Å²) in [6, 6.07) is 0.0692. The van der Waals surface area contributed by atoms with Crippen LogP contribution in [0.5, 0.6) is 0 Å². The van der Waals surface area contributed by atoms with E-state index in [0.717, 1.165) is 37.1 Å². The Kier molecular flexibility index (Phi) is 4.01. The maximum Gasteiger partial charge on any atom is 0.186 e. The molecule has 0 radical (unpaired) electrons. The van der Waals surface area contributed by atoms with Crippen LogP contribution < -0.4 is 10.6 Å². The summed E-state index contributed by atoms with van der Waals surface area (Å²) in [5.74, 6) is 0.432. The molecule has 5 heteroatoms. The average Bonchev–Trinajstić information content (AvgIpc) is 2.75. The van der Waals surface area contributed by atoms with Crippen LogP contribution >= 0.6 is 11.3 Å². The molecule has 0 aromatic carbocycles. The molecule has 0 amide bonds. The molecule has 4 nitrogen and oxygen atoms in total. The van der Waals surface area contributed by atoms with Gasteiger partial charge in [0.2, 0.25) is 0 Å². The molecule has 1 unspecified atom stereocenters. The van der Waals surface area contributed by atoms with E-state index in [9.17, 15) is 0 Å². The third-order valence-electron chi connectivity index (χ3n) is 2.91. The van der Waals surface area contributed by atoms with Crippen molar-refractivity contribution < 1.29 is 4.74 Å². The van der Waals surface area contributed by atoms with Crippen LogP contribution in [0.25, 0.3) is 0 Å². The normalized spacial score (nSPS) is 18.8. The lowest BCUT2D eigenvalue weighted by molar-refractivity contribution is 0.122. The summed E-state index contributed by atoms with van der Waals surface area (Å²) in [6.45, 7) is 9.83. The quantitative estimate of drug-likeness (QED) is 0.899. The van der Waals surface area contributed by atoms with Crippen molar-refractivity contribution in [1.29, 1.82) is 0 Å². The topological polar surface area (TPSA) is 51.4 Å². The number of ether oxygens (including phenoxy) is 1. The first kappa shape index (κ1) is 12.8. The Balaban J connectivity index is 2.26. The fourth-order valence-electron chi connectivity index (χ4n) is 1.96. The zero-order valence-electron chi connectivity index (χ0n) is 10.8. The van der Waals surface area contributed by atoms with Gasteiger partial charge in [-0.3, -0.25) is 0 Å². The van der Waals surface area contributed by atoms with Crippen LogP contribution in [0.3, 0.4) is 0 Å². The smallest absolute Gasteiger partial charge is 0.186 e. The lowest BCUT2D eigenvalue weighted by Crippen LogP contribution is -2.36. The van der Waals surface area contributed by atoms with Crippen LogP contribution in [0.2, 0.25) is 0 Å². The fraction of sp³-hybridized carbons (Fsp3) is 0.750. The number of morpholine rings is 1. The van der Waals surface area contributed by atoms with Gasteiger partial charge >= 0.3 is 0 Å². The number of aromatic nitrogens is 1. The maximum absolute atomic E-state index is 6.02. The summed E-state index contributed by atoms with van der Waals surface area (Å²) >= 11 is 1.74. The molecule has 1 aliphatic rings. The predicted octanol–water partition coefficient (Wildman–Crippen LogP) is 2.12. The number of thiazole rings is 1. The van der Waals surface area contributed by atoms with Crippen molar-refractivity contribution in [3.05, 3.63) is 10.6 Å². The van der Waals surface area contributed by atoms with Crippen molar-refractivity contribution in [2.45, 2.75) is 32.7 Å². The second kappa shape index (κ2) is 5.33. The molecular weight excluding hydrogens is 234 g/mol. The summed E-state index contributed by atoms with van der Waals surface area (Å²) in [7, 11) is 0. The Morgan fingerprint density at radius 2 is 1.94 bits per heavy atom. The van der Waals surface area contributed by atoms with Crippen LogP contribution in [0.15, 0.2) is 0 Å². The minimum atomic E-state index is 0.0692. The van der Waals surface area contributed by atoms with Crippen molar-refractivity contribution in [3.8, 4) is 0 Å². The van der Waals surface area contributed by atoms with Gasteiger partial charge < -0.3 is 15.4 Å². The molecule has 0 aliphatic carbocycles. The summed E-state index contributed by atoms with van der Waals surface area (Å²) in [5.41, 5.74) is 7.18. The highest BCUT2D eigenvalue weighted by atomic mass is 32.1. The SMILES string of the molecule is CC(C)c1nc(N2CCOCC2)sc1C(C)N. The standard InChI is InChI=1S/C12H21N3OS/c1-8(2)10-11(9(3)13)17-12(14-10)15-4-6-16-7-5-15/h8-9H,4-7,13H2,1-3H3. The van der Waals surface area contributed by atoms with E-state index in [1.165, 1.54) is 4.88 Å². The van der Waals surface area contributed by atoms with E-state index in [0.29, 0.717) is 5.92 Å². The minimum Gasteiger partial charge on any atom is -0.378 e. The predicted molar refractivity (Wildman–Crippen MR) is 71.8 cm³/mol. The van der Waals surface area contributed by atoms with Gasteiger partial charge in [0, 0.05) is 24.0 Å². The van der Waals surface area contributed by atoms with E-state index >= 15 is 0 Å². The number of rotatable bonds is 3. The van der Waals surface area contributed by atoms with Gasteiger partial charge in [0.15, 0.2) is 5.13 Å². The molecule has 96 valence electrons.